The lowest BCUT2D eigenvalue weighted by atomic mass is 10.1. The van der Waals surface area contributed by atoms with Crippen LogP contribution in [-0.2, 0) is 4.79 Å². The van der Waals surface area contributed by atoms with E-state index < -0.39 is 0 Å². The molecule has 1 aliphatic heterocycles. The van der Waals surface area contributed by atoms with Crippen LogP contribution in [0.25, 0.3) is 0 Å². The van der Waals surface area contributed by atoms with Gasteiger partial charge in [-0.1, -0.05) is 6.07 Å². The van der Waals surface area contributed by atoms with Crippen LogP contribution >= 0.6 is 0 Å². The minimum atomic E-state index is -0.359. The number of anilines is 1. The van der Waals surface area contributed by atoms with Gasteiger partial charge in [0.1, 0.15) is 5.75 Å². The number of hydrogen-bond donors (Lipinski definition) is 1. The zero-order valence-corrected chi connectivity index (χ0v) is 15.7. The number of piperazine rings is 1. The van der Waals surface area contributed by atoms with Gasteiger partial charge in [0.2, 0.25) is 5.91 Å². The van der Waals surface area contributed by atoms with Gasteiger partial charge in [0.15, 0.2) is 0 Å². The Bertz CT molecular complexity index is 881. The van der Waals surface area contributed by atoms with Crippen molar-refractivity contribution in [3.8, 4) is 11.8 Å². The first-order valence-corrected chi connectivity index (χ1v) is 9.06. The number of nitrogens with one attached hydrogen (secondary N) is 1. The molecule has 0 atom stereocenters. The predicted octanol–water partition coefficient (Wildman–Crippen LogP) is 1.65. The highest BCUT2D eigenvalue weighted by Gasteiger charge is 2.21. The molecule has 7 heteroatoms. The summed E-state index contributed by atoms with van der Waals surface area (Å²) in [7, 11) is 1.64. The average Bonchev–Trinajstić information content (AvgIpc) is 2.77. The lowest BCUT2D eigenvalue weighted by molar-refractivity contribution is -0.130. The molecule has 1 N–H and O–H groups in total. The van der Waals surface area contributed by atoms with Crippen LogP contribution in [0.15, 0.2) is 48.5 Å². The minimum Gasteiger partial charge on any atom is -0.497 e. The van der Waals surface area contributed by atoms with Crippen LogP contribution < -0.4 is 15.0 Å². The van der Waals surface area contributed by atoms with Gasteiger partial charge in [-0.3, -0.25) is 9.59 Å². The molecular weight excluding hydrogens is 356 g/mol. The molecule has 2 aromatic carbocycles. The molecule has 1 aliphatic rings. The number of benzene rings is 2. The van der Waals surface area contributed by atoms with Crippen LogP contribution in [-0.4, -0.2) is 56.5 Å². The quantitative estimate of drug-likeness (QED) is 0.855. The zero-order valence-electron chi connectivity index (χ0n) is 15.7. The van der Waals surface area contributed by atoms with Gasteiger partial charge in [0, 0.05) is 37.4 Å². The lowest BCUT2D eigenvalue weighted by Gasteiger charge is -2.36. The van der Waals surface area contributed by atoms with Crippen molar-refractivity contribution in [2.45, 2.75) is 0 Å². The molecule has 7 nitrogen and oxygen atoms in total. The summed E-state index contributed by atoms with van der Waals surface area (Å²) in [4.78, 5) is 28.6. The van der Waals surface area contributed by atoms with E-state index in [0.717, 1.165) is 24.5 Å². The standard InChI is InChI=1S/C21H22N4O3/c1-28-19-7-5-18(6-8-19)24-9-11-25(12-10-24)20(26)15-23-21(27)17-4-2-3-16(13-17)14-22/h2-8,13H,9-12,15H2,1H3,(H,23,27). The Morgan fingerprint density at radius 1 is 1.11 bits per heavy atom. The van der Waals surface area contributed by atoms with E-state index in [1.54, 1.807) is 30.2 Å². The first-order valence-electron chi connectivity index (χ1n) is 9.06. The highest BCUT2D eigenvalue weighted by atomic mass is 16.5. The highest BCUT2D eigenvalue weighted by Crippen LogP contribution is 2.20. The number of carbonyl (C=O) groups excluding carboxylic acids is 2. The SMILES string of the molecule is COc1ccc(N2CCN(C(=O)CNC(=O)c3cccc(C#N)c3)CC2)cc1. The number of rotatable bonds is 5. The number of nitrogens with zero attached hydrogens (tertiary/aromatic N) is 3. The van der Waals surface area contributed by atoms with Gasteiger partial charge >= 0.3 is 0 Å². The van der Waals surface area contributed by atoms with Gasteiger partial charge in [-0.25, -0.2) is 0 Å². The van der Waals surface area contributed by atoms with Crippen molar-refractivity contribution in [2.75, 3.05) is 44.7 Å². The highest BCUT2D eigenvalue weighted by molar-refractivity contribution is 5.96. The summed E-state index contributed by atoms with van der Waals surface area (Å²) in [5.41, 5.74) is 1.88. The summed E-state index contributed by atoms with van der Waals surface area (Å²) in [5, 5.41) is 11.5. The van der Waals surface area contributed by atoms with Crippen molar-refractivity contribution in [1.82, 2.24) is 10.2 Å². The summed E-state index contributed by atoms with van der Waals surface area (Å²) < 4.78 is 5.17. The van der Waals surface area contributed by atoms with Crippen molar-refractivity contribution < 1.29 is 14.3 Å². The van der Waals surface area contributed by atoms with Crippen molar-refractivity contribution >= 4 is 17.5 Å². The second-order valence-electron chi connectivity index (χ2n) is 6.44. The molecule has 0 bridgehead atoms. The summed E-state index contributed by atoms with van der Waals surface area (Å²) in [5.74, 6) is 0.343. The molecule has 1 saturated heterocycles. The van der Waals surface area contributed by atoms with Crippen LogP contribution in [0.3, 0.4) is 0 Å². The van der Waals surface area contributed by atoms with E-state index in [2.05, 4.69) is 10.2 Å². The molecule has 3 rings (SSSR count). The molecule has 2 aromatic rings. The number of ether oxygens (including phenoxy) is 1. The third-order valence-electron chi connectivity index (χ3n) is 4.72. The summed E-state index contributed by atoms with van der Waals surface area (Å²) >= 11 is 0. The number of hydrogen-bond acceptors (Lipinski definition) is 5. The van der Waals surface area contributed by atoms with Gasteiger partial charge in [0.25, 0.3) is 5.91 Å². The molecule has 28 heavy (non-hydrogen) atoms. The van der Waals surface area contributed by atoms with E-state index in [0.29, 0.717) is 24.2 Å². The second kappa shape index (κ2) is 8.91. The monoisotopic (exact) mass is 378 g/mol. The minimum absolute atomic E-state index is 0.0574. The summed E-state index contributed by atoms with van der Waals surface area (Å²) in [6, 6.07) is 16.3. The molecule has 0 saturated carbocycles. The van der Waals surface area contributed by atoms with E-state index >= 15 is 0 Å². The van der Waals surface area contributed by atoms with Gasteiger partial charge in [-0.05, 0) is 42.5 Å². The van der Waals surface area contributed by atoms with E-state index in [9.17, 15) is 9.59 Å². The smallest absolute Gasteiger partial charge is 0.251 e. The lowest BCUT2D eigenvalue weighted by Crippen LogP contribution is -2.51. The van der Waals surface area contributed by atoms with Crippen LogP contribution in [0.4, 0.5) is 5.69 Å². The fraction of sp³-hybridized carbons (Fsp3) is 0.286. The molecule has 144 valence electrons. The van der Waals surface area contributed by atoms with Gasteiger partial charge in [-0.2, -0.15) is 5.26 Å². The normalized spacial score (nSPS) is 13.6. The van der Waals surface area contributed by atoms with Crippen LogP contribution in [0.1, 0.15) is 15.9 Å². The zero-order chi connectivity index (χ0) is 19.9. The van der Waals surface area contributed by atoms with Crippen LogP contribution in [0.5, 0.6) is 5.75 Å². The molecule has 1 heterocycles. The van der Waals surface area contributed by atoms with Crippen molar-refractivity contribution in [3.05, 3.63) is 59.7 Å². The molecule has 0 aliphatic carbocycles. The van der Waals surface area contributed by atoms with Gasteiger partial charge in [-0.15, -0.1) is 0 Å². The first kappa shape index (κ1) is 19.2. The molecule has 0 radical (unpaired) electrons. The predicted molar refractivity (Wildman–Crippen MR) is 105 cm³/mol. The largest absolute Gasteiger partial charge is 0.497 e. The number of nitriles is 1. The molecule has 0 aromatic heterocycles. The Balaban J connectivity index is 1.48. The topological polar surface area (TPSA) is 85.7 Å². The number of amides is 2. The molecular formula is C21H22N4O3. The van der Waals surface area contributed by atoms with Crippen molar-refractivity contribution in [2.24, 2.45) is 0 Å². The Labute approximate surface area is 164 Å². The number of carbonyl (C=O) groups is 2. The first-order chi connectivity index (χ1) is 13.6. The molecule has 2 amide bonds. The van der Waals surface area contributed by atoms with E-state index in [4.69, 9.17) is 10.00 Å². The second-order valence-corrected chi connectivity index (χ2v) is 6.44. The van der Waals surface area contributed by atoms with E-state index in [1.165, 1.54) is 6.07 Å². The van der Waals surface area contributed by atoms with Gasteiger partial charge in [0.05, 0.1) is 25.3 Å². The Morgan fingerprint density at radius 2 is 1.82 bits per heavy atom. The maximum absolute atomic E-state index is 12.4. The van der Waals surface area contributed by atoms with Crippen molar-refractivity contribution in [1.29, 1.82) is 5.26 Å². The maximum Gasteiger partial charge on any atom is 0.251 e. The molecule has 1 fully saturated rings. The third kappa shape index (κ3) is 4.60. The van der Waals surface area contributed by atoms with Crippen LogP contribution in [0, 0.1) is 11.3 Å². The fourth-order valence-electron chi connectivity index (χ4n) is 3.11. The van der Waals surface area contributed by atoms with Crippen LogP contribution in [0.2, 0.25) is 0 Å². The van der Waals surface area contributed by atoms with E-state index in [1.807, 2.05) is 30.3 Å². The van der Waals surface area contributed by atoms with Crippen molar-refractivity contribution in [3.63, 3.8) is 0 Å². The molecule has 0 spiro atoms. The molecule has 0 unspecified atom stereocenters. The Morgan fingerprint density at radius 3 is 2.46 bits per heavy atom. The average molecular weight is 378 g/mol. The van der Waals surface area contributed by atoms with E-state index in [-0.39, 0.29) is 18.4 Å². The third-order valence-corrected chi connectivity index (χ3v) is 4.72. The summed E-state index contributed by atoms with van der Waals surface area (Å²) in [6.07, 6.45) is 0. The maximum atomic E-state index is 12.4. The summed E-state index contributed by atoms with van der Waals surface area (Å²) in [6.45, 7) is 2.61. The van der Waals surface area contributed by atoms with Gasteiger partial charge < -0.3 is 19.9 Å². The number of methoxy groups -OCH3 is 1. The Kier molecular flexibility index (Phi) is 6.12. The fourth-order valence-corrected chi connectivity index (χ4v) is 3.11. The Hall–Kier alpha value is -3.53.